The van der Waals surface area contributed by atoms with E-state index in [0.717, 1.165) is 48.2 Å². The van der Waals surface area contributed by atoms with Crippen molar-refractivity contribution in [2.75, 3.05) is 29.9 Å². The summed E-state index contributed by atoms with van der Waals surface area (Å²) in [5.74, 6) is 0.985. The van der Waals surface area contributed by atoms with Gasteiger partial charge in [-0.05, 0) is 28.8 Å². The molecule has 0 saturated carbocycles. The van der Waals surface area contributed by atoms with Crippen LogP contribution in [0.25, 0.3) is 0 Å². The van der Waals surface area contributed by atoms with Crippen molar-refractivity contribution in [1.82, 2.24) is 9.97 Å². The summed E-state index contributed by atoms with van der Waals surface area (Å²) in [6, 6.07) is 0. The second kappa shape index (κ2) is 6.66. The molecule has 1 aromatic rings. The average molecular weight is 365 g/mol. The zero-order valence-electron chi connectivity index (χ0n) is 9.48. The molecule has 0 bridgehead atoms. The van der Waals surface area contributed by atoms with E-state index in [1.807, 2.05) is 0 Å². The minimum absolute atomic E-state index is 0.393. The fourth-order valence-electron chi connectivity index (χ4n) is 1.98. The minimum atomic E-state index is 0.393. The van der Waals surface area contributed by atoms with Crippen molar-refractivity contribution in [2.24, 2.45) is 0 Å². The van der Waals surface area contributed by atoms with Gasteiger partial charge < -0.3 is 9.64 Å². The molecule has 1 aliphatic heterocycles. The number of anilines is 1. The molecular weight excluding hydrogens is 350 g/mol. The second-order valence-electron chi connectivity index (χ2n) is 3.94. The average Bonchev–Trinajstić information content (AvgIpc) is 2.38. The molecule has 0 amide bonds. The Morgan fingerprint density at radius 2 is 2.18 bits per heavy atom. The van der Waals surface area contributed by atoms with Crippen LogP contribution in [-0.2, 0) is 4.74 Å². The van der Waals surface area contributed by atoms with Gasteiger partial charge in [-0.25, -0.2) is 9.97 Å². The molecule has 1 aromatic heterocycles. The fourth-order valence-corrected chi connectivity index (χ4v) is 2.64. The summed E-state index contributed by atoms with van der Waals surface area (Å²) >= 11 is 6.86. The van der Waals surface area contributed by atoms with Gasteiger partial charge in [0.1, 0.15) is 12.1 Å². The summed E-state index contributed by atoms with van der Waals surface area (Å²) < 4.78 is 6.69. The first-order chi connectivity index (χ1) is 8.31. The van der Waals surface area contributed by atoms with Crippen LogP contribution in [0.4, 0.5) is 5.82 Å². The van der Waals surface area contributed by atoms with Crippen LogP contribution >= 0.6 is 31.9 Å². The first kappa shape index (κ1) is 13.2. The highest BCUT2D eigenvalue weighted by atomic mass is 79.9. The van der Waals surface area contributed by atoms with E-state index in [9.17, 15) is 0 Å². The maximum absolute atomic E-state index is 5.73. The summed E-state index contributed by atoms with van der Waals surface area (Å²) in [5, 5.41) is 0.907. The van der Waals surface area contributed by atoms with Gasteiger partial charge in [0, 0.05) is 24.6 Å². The van der Waals surface area contributed by atoms with Gasteiger partial charge in [-0.3, -0.25) is 0 Å². The molecule has 1 aliphatic rings. The summed E-state index contributed by atoms with van der Waals surface area (Å²) in [6.07, 6.45) is 5.89. The molecule has 2 rings (SSSR count). The van der Waals surface area contributed by atoms with Gasteiger partial charge in [-0.1, -0.05) is 15.9 Å². The molecular formula is C11H15Br2N3O. The molecule has 0 radical (unpaired) electrons. The number of ether oxygens (including phenoxy) is 1. The minimum Gasteiger partial charge on any atom is -0.377 e. The number of halogens is 2. The normalized spacial score (nSPS) is 17.4. The molecule has 1 saturated heterocycles. The summed E-state index contributed by atoms with van der Waals surface area (Å²) in [7, 11) is 0. The van der Waals surface area contributed by atoms with Crippen molar-refractivity contribution < 1.29 is 4.74 Å². The predicted molar refractivity (Wildman–Crippen MR) is 74.7 cm³/mol. The Balaban J connectivity index is 1.89. The number of aromatic nitrogens is 2. The molecule has 6 heteroatoms. The van der Waals surface area contributed by atoms with Gasteiger partial charge in [0.2, 0.25) is 0 Å². The summed E-state index contributed by atoms with van der Waals surface area (Å²) in [6.45, 7) is 2.77. The molecule has 2 heterocycles. The highest BCUT2D eigenvalue weighted by Gasteiger charge is 2.21. The lowest BCUT2D eigenvalue weighted by atomic mass is 10.1. The van der Waals surface area contributed by atoms with Crippen molar-refractivity contribution in [3.8, 4) is 0 Å². The molecule has 0 unspecified atom stereocenters. The van der Waals surface area contributed by atoms with E-state index >= 15 is 0 Å². The smallest absolute Gasteiger partial charge is 0.146 e. The first-order valence-electron chi connectivity index (χ1n) is 5.69. The lowest BCUT2D eigenvalue weighted by Crippen LogP contribution is -2.37. The molecule has 0 aliphatic carbocycles. The maximum atomic E-state index is 5.73. The third-order valence-electron chi connectivity index (χ3n) is 2.82. The summed E-state index contributed by atoms with van der Waals surface area (Å²) in [4.78, 5) is 10.6. The van der Waals surface area contributed by atoms with Crippen LogP contribution < -0.4 is 4.90 Å². The fraction of sp³-hybridized carbons (Fsp3) is 0.636. The molecule has 94 valence electrons. The van der Waals surface area contributed by atoms with Gasteiger partial charge in [0.05, 0.1) is 17.2 Å². The predicted octanol–water partition coefficient (Wildman–Crippen LogP) is 2.62. The van der Waals surface area contributed by atoms with Crippen LogP contribution in [0, 0.1) is 0 Å². The highest BCUT2D eigenvalue weighted by Crippen LogP contribution is 2.25. The largest absolute Gasteiger partial charge is 0.377 e. The number of rotatable bonds is 4. The molecule has 0 aromatic carbocycles. The number of nitrogens with zero attached hydrogens (tertiary/aromatic N) is 3. The van der Waals surface area contributed by atoms with E-state index in [0.29, 0.717) is 6.10 Å². The van der Waals surface area contributed by atoms with E-state index in [4.69, 9.17) is 4.74 Å². The van der Waals surface area contributed by atoms with Crippen LogP contribution in [0.3, 0.4) is 0 Å². The zero-order chi connectivity index (χ0) is 12.1. The quantitative estimate of drug-likeness (QED) is 0.770. The third-order valence-corrected chi connectivity index (χ3v) is 3.70. The first-order valence-corrected chi connectivity index (χ1v) is 7.60. The number of hydrogen-bond donors (Lipinski definition) is 0. The molecule has 0 atom stereocenters. The van der Waals surface area contributed by atoms with Gasteiger partial charge in [-0.2, -0.15) is 0 Å². The SMILES string of the molecule is BrCCOC1CCN(c2ncncc2Br)CC1. The van der Waals surface area contributed by atoms with Crippen LogP contribution in [0.15, 0.2) is 17.0 Å². The molecule has 1 fully saturated rings. The molecule has 17 heavy (non-hydrogen) atoms. The number of hydrogen-bond acceptors (Lipinski definition) is 4. The van der Waals surface area contributed by atoms with Crippen molar-refractivity contribution in [2.45, 2.75) is 18.9 Å². The van der Waals surface area contributed by atoms with E-state index in [-0.39, 0.29) is 0 Å². The van der Waals surface area contributed by atoms with Crippen LogP contribution in [-0.4, -0.2) is 41.1 Å². The van der Waals surface area contributed by atoms with Crippen molar-refractivity contribution in [1.29, 1.82) is 0 Å². The lowest BCUT2D eigenvalue weighted by Gasteiger charge is -2.32. The monoisotopic (exact) mass is 363 g/mol. The highest BCUT2D eigenvalue weighted by molar-refractivity contribution is 9.10. The van der Waals surface area contributed by atoms with Gasteiger partial charge in [0.15, 0.2) is 0 Å². The Labute approximate surface area is 118 Å². The van der Waals surface area contributed by atoms with Gasteiger partial charge in [0.25, 0.3) is 0 Å². The Bertz CT molecular complexity index is 356. The van der Waals surface area contributed by atoms with Crippen LogP contribution in [0.2, 0.25) is 0 Å². The zero-order valence-corrected chi connectivity index (χ0v) is 12.7. The van der Waals surface area contributed by atoms with E-state index < -0.39 is 0 Å². The van der Waals surface area contributed by atoms with Crippen molar-refractivity contribution >= 4 is 37.7 Å². The number of piperidine rings is 1. The molecule has 0 N–H and O–H groups in total. The van der Waals surface area contributed by atoms with Crippen LogP contribution in [0.1, 0.15) is 12.8 Å². The van der Waals surface area contributed by atoms with E-state index in [1.54, 1.807) is 12.5 Å². The Hall–Kier alpha value is -0.200. The Morgan fingerprint density at radius 1 is 1.41 bits per heavy atom. The van der Waals surface area contributed by atoms with Crippen molar-refractivity contribution in [3.05, 3.63) is 17.0 Å². The Morgan fingerprint density at radius 3 is 2.82 bits per heavy atom. The van der Waals surface area contributed by atoms with Crippen LogP contribution in [0.5, 0.6) is 0 Å². The second-order valence-corrected chi connectivity index (χ2v) is 5.59. The van der Waals surface area contributed by atoms with E-state index in [2.05, 4.69) is 46.7 Å². The Kier molecular flexibility index (Phi) is 5.18. The summed E-state index contributed by atoms with van der Waals surface area (Å²) in [5.41, 5.74) is 0. The molecule has 0 spiro atoms. The maximum Gasteiger partial charge on any atom is 0.146 e. The molecule has 4 nitrogen and oxygen atoms in total. The van der Waals surface area contributed by atoms with Gasteiger partial charge >= 0.3 is 0 Å². The number of alkyl halides is 1. The standard InChI is InChI=1S/C11H15Br2N3O/c12-3-6-17-9-1-4-16(5-2-9)11-10(13)7-14-8-15-11/h7-9H,1-6H2. The topological polar surface area (TPSA) is 38.2 Å². The van der Waals surface area contributed by atoms with Gasteiger partial charge in [-0.15, -0.1) is 0 Å². The van der Waals surface area contributed by atoms with Crippen molar-refractivity contribution in [3.63, 3.8) is 0 Å². The lowest BCUT2D eigenvalue weighted by molar-refractivity contribution is 0.0480. The third kappa shape index (κ3) is 3.63. The van der Waals surface area contributed by atoms with E-state index in [1.165, 1.54) is 0 Å².